The maximum Gasteiger partial charge on any atom is 0.224 e. The summed E-state index contributed by atoms with van der Waals surface area (Å²) < 4.78 is 7.35. The average Bonchev–Trinajstić information content (AvgIpc) is 3.20. The van der Waals surface area contributed by atoms with Crippen LogP contribution in [0.15, 0.2) is 30.5 Å². The number of hydrogen-bond donors (Lipinski definition) is 1. The number of amides is 2. The second kappa shape index (κ2) is 10.0. The fourth-order valence-electron chi connectivity index (χ4n) is 4.22. The van der Waals surface area contributed by atoms with Crippen LogP contribution in [0.5, 0.6) is 0 Å². The number of carbonyl (C=O) groups excluding carboxylic acids is 2. The molecule has 3 heterocycles. The quantitative estimate of drug-likeness (QED) is 0.656. The van der Waals surface area contributed by atoms with Crippen LogP contribution >= 0.6 is 0 Å². The molecule has 2 aromatic rings. The molecule has 1 N–H and O–H groups in total. The highest BCUT2D eigenvalue weighted by molar-refractivity contribution is 5.83. The third-order valence-electron chi connectivity index (χ3n) is 6.06. The maximum atomic E-state index is 12.6. The summed E-state index contributed by atoms with van der Waals surface area (Å²) in [6.45, 7) is 6.79. The molecule has 2 saturated heterocycles. The van der Waals surface area contributed by atoms with Crippen LogP contribution in [-0.2, 0) is 20.9 Å². The molecule has 0 aliphatic carbocycles. The molecular formula is C22H31N5O3. The number of aromatic nitrogens is 2. The van der Waals surface area contributed by atoms with Gasteiger partial charge in [-0.25, -0.2) is 0 Å². The first-order valence-electron chi connectivity index (χ1n) is 11.0. The van der Waals surface area contributed by atoms with Gasteiger partial charge in [-0.05, 0) is 18.9 Å². The number of rotatable bonds is 8. The van der Waals surface area contributed by atoms with Crippen molar-refractivity contribution in [3.8, 4) is 0 Å². The SMILES string of the molecule is O=C(NCCCn1ncc2ccccc21)C1CCC(=O)N(CCN2CCOCC2)C1. The Balaban J connectivity index is 1.19. The minimum atomic E-state index is -0.113. The van der Waals surface area contributed by atoms with E-state index in [2.05, 4.69) is 27.4 Å². The number of ether oxygens (including phenoxy) is 1. The van der Waals surface area contributed by atoms with Crippen molar-refractivity contribution in [2.24, 2.45) is 5.92 Å². The van der Waals surface area contributed by atoms with Crippen LogP contribution in [-0.4, -0.2) is 83.9 Å². The van der Waals surface area contributed by atoms with Gasteiger partial charge in [-0.3, -0.25) is 19.2 Å². The number of benzene rings is 1. The Labute approximate surface area is 177 Å². The molecule has 1 unspecified atom stereocenters. The lowest BCUT2D eigenvalue weighted by Gasteiger charge is -2.34. The zero-order chi connectivity index (χ0) is 20.8. The lowest BCUT2D eigenvalue weighted by Crippen LogP contribution is -2.49. The van der Waals surface area contributed by atoms with Crippen molar-refractivity contribution < 1.29 is 14.3 Å². The summed E-state index contributed by atoms with van der Waals surface area (Å²) in [5, 5.41) is 8.62. The number of likely N-dealkylation sites (tertiary alicyclic amines) is 1. The molecule has 1 aromatic heterocycles. The minimum Gasteiger partial charge on any atom is -0.379 e. The van der Waals surface area contributed by atoms with Crippen molar-refractivity contribution in [3.63, 3.8) is 0 Å². The molecule has 0 spiro atoms. The standard InChI is InChI=1S/C22H31N5O3/c28-21-7-6-19(17-26(21)11-10-25-12-14-30-15-13-25)22(29)23-8-3-9-27-20-5-2-1-4-18(20)16-24-27/h1-2,4-5,16,19H,3,6-15,17H2,(H,23,29). The molecule has 0 radical (unpaired) electrons. The Morgan fingerprint density at radius 1 is 1.17 bits per heavy atom. The Morgan fingerprint density at radius 3 is 2.87 bits per heavy atom. The molecule has 1 atom stereocenters. The minimum absolute atomic E-state index is 0.0594. The van der Waals surface area contributed by atoms with Gasteiger partial charge in [-0.2, -0.15) is 5.10 Å². The summed E-state index contributed by atoms with van der Waals surface area (Å²) in [5.41, 5.74) is 1.12. The first-order valence-corrected chi connectivity index (χ1v) is 11.0. The fourth-order valence-corrected chi connectivity index (χ4v) is 4.22. The molecule has 162 valence electrons. The molecule has 0 bridgehead atoms. The summed E-state index contributed by atoms with van der Waals surface area (Å²) in [5.74, 6) is 0.111. The monoisotopic (exact) mass is 413 g/mol. The van der Waals surface area contributed by atoms with Crippen molar-refractivity contribution in [1.82, 2.24) is 24.9 Å². The van der Waals surface area contributed by atoms with Gasteiger partial charge in [0.2, 0.25) is 11.8 Å². The molecule has 1 aromatic carbocycles. The topological polar surface area (TPSA) is 79.7 Å². The Morgan fingerprint density at radius 2 is 2.00 bits per heavy atom. The summed E-state index contributed by atoms with van der Waals surface area (Å²) in [6.07, 6.45) is 3.80. The smallest absolute Gasteiger partial charge is 0.224 e. The molecule has 30 heavy (non-hydrogen) atoms. The third-order valence-corrected chi connectivity index (χ3v) is 6.06. The van der Waals surface area contributed by atoms with Crippen LogP contribution in [0.3, 0.4) is 0 Å². The molecule has 0 saturated carbocycles. The molecule has 2 amide bonds. The second-order valence-corrected chi connectivity index (χ2v) is 8.10. The first-order chi connectivity index (χ1) is 14.7. The lowest BCUT2D eigenvalue weighted by atomic mass is 9.96. The van der Waals surface area contributed by atoms with Crippen LogP contribution in [0.1, 0.15) is 19.3 Å². The summed E-state index contributed by atoms with van der Waals surface area (Å²) >= 11 is 0. The van der Waals surface area contributed by atoms with Gasteiger partial charge in [-0.1, -0.05) is 18.2 Å². The van der Waals surface area contributed by atoms with E-state index < -0.39 is 0 Å². The van der Waals surface area contributed by atoms with Gasteiger partial charge < -0.3 is 15.0 Å². The van der Waals surface area contributed by atoms with Crippen molar-refractivity contribution >= 4 is 22.7 Å². The number of fused-ring (bicyclic) bond motifs is 1. The third kappa shape index (κ3) is 5.17. The van der Waals surface area contributed by atoms with Crippen LogP contribution in [0.2, 0.25) is 0 Å². The second-order valence-electron chi connectivity index (χ2n) is 8.10. The number of aryl methyl sites for hydroxylation is 1. The van der Waals surface area contributed by atoms with Crippen molar-refractivity contribution in [2.45, 2.75) is 25.8 Å². The number of para-hydroxylation sites is 1. The number of piperidine rings is 1. The van der Waals surface area contributed by atoms with E-state index in [0.29, 0.717) is 32.5 Å². The van der Waals surface area contributed by atoms with E-state index in [0.717, 1.165) is 56.7 Å². The first kappa shape index (κ1) is 20.8. The van der Waals surface area contributed by atoms with Gasteiger partial charge in [0.15, 0.2) is 0 Å². The van der Waals surface area contributed by atoms with Gasteiger partial charge in [0.1, 0.15) is 0 Å². The van der Waals surface area contributed by atoms with Crippen LogP contribution in [0.4, 0.5) is 0 Å². The molecule has 2 aliphatic rings. The van der Waals surface area contributed by atoms with E-state index in [4.69, 9.17) is 4.74 Å². The number of nitrogens with one attached hydrogen (secondary N) is 1. The fraction of sp³-hybridized carbons (Fsp3) is 0.591. The zero-order valence-corrected chi connectivity index (χ0v) is 17.5. The maximum absolute atomic E-state index is 12.6. The lowest BCUT2D eigenvalue weighted by molar-refractivity contribution is -0.138. The van der Waals surface area contributed by atoms with Crippen molar-refractivity contribution in [2.75, 3.05) is 52.5 Å². The molecule has 4 rings (SSSR count). The van der Waals surface area contributed by atoms with E-state index in [1.165, 1.54) is 0 Å². The Kier molecular flexibility index (Phi) is 6.96. The zero-order valence-electron chi connectivity index (χ0n) is 17.5. The van der Waals surface area contributed by atoms with E-state index in [9.17, 15) is 9.59 Å². The predicted molar refractivity (Wildman–Crippen MR) is 114 cm³/mol. The highest BCUT2D eigenvalue weighted by Crippen LogP contribution is 2.18. The van der Waals surface area contributed by atoms with E-state index in [1.54, 1.807) is 0 Å². The number of morpholine rings is 1. The molecule has 8 heteroatoms. The van der Waals surface area contributed by atoms with Gasteiger partial charge in [0.25, 0.3) is 0 Å². The van der Waals surface area contributed by atoms with Crippen LogP contribution < -0.4 is 5.32 Å². The predicted octanol–water partition coefficient (Wildman–Crippen LogP) is 1.11. The number of carbonyl (C=O) groups is 2. The number of hydrogen-bond acceptors (Lipinski definition) is 5. The summed E-state index contributed by atoms with van der Waals surface area (Å²) in [6, 6.07) is 8.13. The molecular weight excluding hydrogens is 382 g/mol. The molecule has 2 aliphatic heterocycles. The van der Waals surface area contributed by atoms with E-state index in [1.807, 2.05) is 27.9 Å². The Hall–Kier alpha value is -2.45. The van der Waals surface area contributed by atoms with Gasteiger partial charge in [0, 0.05) is 57.6 Å². The van der Waals surface area contributed by atoms with Gasteiger partial charge >= 0.3 is 0 Å². The molecule has 2 fully saturated rings. The average molecular weight is 414 g/mol. The van der Waals surface area contributed by atoms with Crippen molar-refractivity contribution in [3.05, 3.63) is 30.5 Å². The Bertz CT molecular complexity index is 861. The largest absolute Gasteiger partial charge is 0.379 e. The van der Waals surface area contributed by atoms with Crippen LogP contribution in [0, 0.1) is 5.92 Å². The van der Waals surface area contributed by atoms with E-state index >= 15 is 0 Å². The highest BCUT2D eigenvalue weighted by Gasteiger charge is 2.30. The van der Waals surface area contributed by atoms with E-state index in [-0.39, 0.29) is 17.7 Å². The summed E-state index contributed by atoms with van der Waals surface area (Å²) in [4.78, 5) is 29.1. The van der Waals surface area contributed by atoms with Crippen molar-refractivity contribution in [1.29, 1.82) is 0 Å². The highest BCUT2D eigenvalue weighted by atomic mass is 16.5. The summed E-state index contributed by atoms with van der Waals surface area (Å²) in [7, 11) is 0. The molecule has 8 nitrogen and oxygen atoms in total. The van der Waals surface area contributed by atoms with Crippen LogP contribution in [0.25, 0.3) is 10.9 Å². The number of nitrogens with zero attached hydrogens (tertiary/aromatic N) is 4. The normalized spacial score (nSPS) is 20.6. The van der Waals surface area contributed by atoms with Gasteiger partial charge in [-0.15, -0.1) is 0 Å². The van der Waals surface area contributed by atoms with Gasteiger partial charge in [0.05, 0.1) is 30.8 Å².